The van der Waals surface area contributed by atoms with Crippen molar-refractivity contribution in [3.05, 3.63) is 42.0 Å². The Morgan fingerprint density at radius 3 is 2.94 bits per heavy atom. The van der Waals surface area contributed by atoms with Crippen LogP contribution >= 0.6 is 0 Å². The van der Waals surface area contributed by atoms with Crippen LogP contribution in [0.4, 0.5) is 5.69 Å². The molecule has 6 heteroatoms. The van der Waals surface area contributed by atoms with Crippen molar-refractivity contribution in [2.45, 2.75) is 6.54 Å². The highest BCUT2D eigenvalue weighted by atomic mass is 16.4. The topological polar surface area (TPSA) is 80.0 Å². The van der Waals surface area contributed by atoms with E-state index in [4.69, 9.17) is 5.11 Å². The van der Waals surface area contributed by atoms with Gasteiger partial charge in [-0.05, 0) is 6.07 Å². The van der Waals surface area contributed by atoms with E-state index in [9.17, 15) is 4.79 Å². The van der Waals surface area contributed by atoms with Gasteiger partial charge in [0.15, 0.2) is 0 Å². The van der Waals surface area contributed by atoms with E-state index in [0.717, 1.165) is 5.56 Å². The van der Waals surface area contributed by atoms with Gasteiger partial charge in [0.2, 0.25) is 0 Å². The van der Waals surface area contributed by atoms with Gasteiger partial charge in [0, 0.05) is 37.7 Å². The number of aromatic nitrogens is 3. The molecule has 0 radical (unpaired) electrons. The van der Waals surface area contributed by atoms with Gasteiger partial charge in [0.1, 0.15) is 0 Å². The van der Waals surface area contributed by atoms with Crippen molar-refractivity contribution in [2.75, 3.05) is 5.32 Å². The van der Waals surface area contributed by atoms with E-state index in [-0.39, 0.29) is 5.56 Å². The van der Waals surface area contributed by atoms with Crippen LogP contribution in [0.5, 0.6) is 0 Å². The Labute approximate surface area is 97.9 Å². The lowest BCUT2D eigenvalue weighted by Crippen LogP contribution is -2.02. The molecule has 17 heavy (non-hydrogen) atoms. The lowest BCUT2D eigenvalue weighted by molar-refractivity contribution is 0.0696. The number of rotatable bonds is 4. The van der Waals surface area contributed by atoms with Gasteiger partial charge in [-0.1, -0.05) is 0 Å². The molecule has 0 fully saturated rings. The number of nitrogens with zero attached hydrogens (tertiary/aromatic N) is 3. The summed E-state index contributed by atoms with van der Waals surface area (Å²) in [5.41, 5.74) is 1.86. The maximum Gasteiger partial charge on any atom is 0.337 e. The fourth-order valence-corrected chi connectivity index (χ4v) is 1.42. The first-order chi connectivity index (χ1) is 8.15. The number of carbonyl (C=O) groups is 1. The number of pyridine rings is 1. The average Bonchev–Trinajstić information content (AvgIpc) is 2.73. The molecular formula is C11H12N4O2. The van der Waals surface area contributed by atoms with E-state index < -0.39 is 5.97 Å². The largest absolute Gasteiger partial charge is 0.478 e. The summed E-state index contributed by atoms with van der Waals surface area (Å²) >= 11 is 0. The number of anilines is 1. The Morgan fingerprint density at radius 2 is 2.29 bits per heavy atom. The van der Waals surface area contributed by atoms with Crippen molar-refractivity contribution in [2.24, 2.45) is 7.05 Å². The first-order valence-corrected chi connectivity index (χ1v) is 5.05. The molecule has 0 saturated heterocycles. The van der Waals surface area contributed by atoms with Crippen LogP contribution in [0, 0.1) is 0 Å². The van der Waals surface area contributed by atoms with Gasteiger partial charge >= 0.3 is 5.97 Å². The van der Waals surface area contributed by atoms with Crippen molar-refractivity contribution < 1.29 is 9.90 Å². The number of carboxylic acids is 1. The summed E-state index contributed by atoms with van der Waals surface area (Å²) in [6.07, 6.45) is 6.54. The summed E-state index contributed by atoms with van der Waals surface area (Å²) in [6.45, 7) is 0.582. The van der Waals surface area contributed by atoms with Crippen molar-refractivity contribution in [1.29, 1.82) is 0 Å². The third-order valence-electron chi connectivity index (χ3n) is 2.24. The Bertz CT molecular complexity index is 536. The van der Waals surface area contributed by atoms with E-state index in [1.54, 1.807) is 23.1 Å². The normalized spacial score (nSPS) is 10.2. The highest BCUT2D eigenvalue weighted by Gasteiger charge is 2.04. The summed E-state index contributed by atoms with van der Waals surface area (Å²) in [4.78, 5) is 14.6. The van der Waals surface area contributed by atoms with Crippen molar-refractivity contribution in [1.82, 2.24) is 14.8 Å². The number of aromatic carboxylic acids is 1. The molecule has 6 nitrogen and oxygen atoms in total. The van der Waals surface area contributed by atoms with Gasteiger partial charge in [-0.3, -0.25) is 9.67 Å². The van der Waals surface area contributed by atoms with Crippen LogP contribution in [0.2, 0.25) is 0 Å². The van der Waals surface area contributed by atoms with E-state index in [1.165, 1.54) is 6.20 Å². The lowest BCUT2D eigenvalue weighted by atomic mass is 10.2. The molecule has 0 unspecified atom stereocenters. The van der Waals surface area contributed by atoms with E-state index in [2.05, 4.69) is 15.4 Å². The number of hydrogen-bond acceptors (Lipinski definition) is 4. The second kappa shape index (κ2) is 4.65. The fraction of sp³-hybridized carbons (Fsp3) is 0.182. The lowest BCUT2D eigenvalue weighted by Gasteiger charge is -2.04. The average molecular weight is 232 g/mol. The van der Waals surface area contributed by atoms with Gasteiger partial charge in [-0.15, -0.1) is 0 Å². The molecule has 2 N–H and O–H groups in total. The van der Waals surface area contributed by atoms with Crippen molar-refractivity contribution in [3.63, 3.8) is 0 Å². The predicted molar refractivity (Wildman–Crippen MR) is 61.7 cm³/mol. The molecule has 2 heterocycles. The first kappa shape index (κ1) is 11.1. The molecule has 0 bridgehead atoms. The standard InChI is InChI=1S/C11H12N4O2/c1-15-7-8(4-14-15)3-13-10-2-9(11(16)17)5-12-6-10/h2,4-7,13H,3H2,1H3,(H,16,17). The Balaban J connectivity index is 2.04. The quantitative estimate of drug-likeness (QED) is 0.825. The van der Waals surface area contributed by atoms with Crippen LogP contribution in [-0.2, 0) is 13.6 Å². The fourth-order valence-electron chi connectivity index (χ4n) is 1.42. The minimum absolute atomic E-state index is 0.168. The molecule has 0 atom stereocenters. The van der Waals surface area contributed by atoms with Gasteiger partial charge < -0.3 is 10.4 Å². The summed E-state index contributed by atoms with van der Waals surface area (Å²) < 4.78 is 1.71. The molecule has 0 aliphatic carbocycles. The van der Waals surface area contributed by atoms with Gasteiger partial charge in [-0.25, -0.2) is 4.79 Å². The number of aryl methyl sites for hydroxylation is 1. The molecule has 0 aromatic carbocycles. The summed E-state index contributed by atoms with van der Waals surface area (Å²) in [7, 11) is 1.84. The smallest absolute Gasteiger partial charge is 0.337 e. The van der Waals surface area contributed by atoms with Crippen LogP contribution in [0.1, 0.15) is 15.9 Å². The van der Waals surface area contributed by atoms with Crippen LogP contribution < -0.4 is 5.32 Å². The molecule has 0 saturated carbocycles. The van der Waals surface area contributed by atoms with Crippen LogP contribution in [0.15, 0.2) is 30.9 Å². The molecule has 0 aliphatic heterocycles. The van der Waals surface area contributed by atoms with E-state index in [0.29, 0.717) is 12.2 Å². The van der Waals surface area contributed by atoms with Crippen molar-refractivity contribution in [3.8, 4) is 0 Å². The Hall–Kier alpha value is -2.37. The molecule has 2 aromatic heterocycles. The van der Waals surface area contributed by atoms with Crippen LogP contribution in [0.25, 0.3) is 0 Å². The zero-order valence-electron chi connectivity index (χ0n) is 9.29. The van der Waals surface area contributed by atoms with Gasteiger partial charge in [-0.2, -0.15) is 5.10 Å². The third-order valence-corrected chi connectivity index (χ3v) is 2.24. The second-order valence-electron chi connectivity index (χ2n) is 3.64. The minimum Gasteiger partial charge on any atom is -0.478 e. The molecule has 0 spiro atoms. The first-order valence-electron chi connectivity index (χ1n) is 5.05. The van der Waals surface area contributed by atoms with Gasteiger partial charge in [0.25, 0.3) is 0 Å². The Kier molecular flexibility index (Phi) is 3.04. The maximum atomic E-state index is 10.7. The zero-order chi connectivity index (χ0) is 12.3. The van der Waals surface area contributed by atoms with Gasteiger partial charge in [0.05, 0.1) is 17.4 Å². The minimum atomic E-state index is -0.984. The van der Waals surface area contributed by atoms with E-state index in [1.807, 2.05) is 13.2 Å². The van der Waals surface area contributed by atoms with Crippen LogP contribution in [0.3, 0.4) is 0 Å². The summed E-state index contributed by atoms with van der Waals surface area (Å²) in [6, 6.07) is 1.55. The summed E-state index contributed by atoms with van der Waals surface area (Å²) in [5, 5.41) is 15.9. The molecular weight excluding hydrogens is 220 g/mol. The SMILES string of the molecule is Cn1cc(CNc2cncc(C(=O)O)c2)cn1. The predicted octanol–water partition coefficient (Wildman–Crippen LogP) is 1.13. The highest BCUT2D eigenvalue weighted by molar-refractivity contribution is 5.88. The van der Waals surface area contributed by atoms with E-state index >= 15 is 0 Å². The molecule has 0 aliphatic rings. The van der Waals surface area contributed by atoms with Crippen molar-refractivity contribution >= 4 is 11.7 Å². The number of carboxylic acid groups (broad SMARTS) is 1. The third kappa shape index (κ3) is 2.81. The molecule has 2 rings (SSSR count). The molecule has 88 valence electrons. The number of hydrogen-bond donors (Lipinski definition) is 2. The molecule has 2 aromatic rings. The molecule has 0 amide bonds. The monoisotopic (exact) mass is 232 g/mol. The summed E-state index contributed by atoms with van der Waals surface area (Å²) in [5.74, 6) is -0.984. The zero-order valence-corrected chi connectivity index (χ0v) is 9.29. The number of nitrogens with one attached hydrogen (secondary N) is 1. The van der Waals surface area contributed by atoms with Crippen LogP contribution in [-0.4, -0.2) is 25.8 Å². The highest BCUT2D eigenvalue weighted by Crippen LogP contribution is 2.10. The Morgan fingerprint density at radius 1 is 1.47 bits per heavy atom. The second-order valence-corrected chi connectivity index (χ2v) is 3.64. The maximum absolute atomic E-state index is 10.7.